The number of ether oxygens (including phenoxy) is 1. The SMILES string of the molecule is COCCn1nccc1C(O)c1ccc(Br)cc1. The highest BCUT2D eigenvalue weighted by Gasteiger charge is 2.15. The Morgan fingerprint density at radius 3 is 2.72 bits per heavy atom. The average molecular weight is 311 g/mol. The van der Waals surface area contributed by atoms with E-state index < -0.39 is 6.10 Å². The molecule has 0 aliphatic carbocycles. The van der Waals surface area contributed by atoms with E-state index >= 15 is 0 Å². The lowest BCUT2D eigenvalue weighted by molar-refractivity contribution is 0.171. The summed E-state index contributed by atoms with van der Waals surface area (Å²) in [6.07, 6.45) is 1.02. The highest BCUT2D eigenvalue weighted by Crippen LogP contribution is 2.23. The molecule has 0 radical (unpaired) electrons. The molecule has 0 spiro atoms. The van der Waals surface area contributed by atoms with Crippen molar-refractivity contribution < 1.29 is 9.84 Å². The first-order chi connectivity index (χ1) is 8.72. The maximum atomic E-state index is 10.3. The molecule has 0 aliphatic rings. The van der Waals surface area contributed by atoms with Gasteiger partial charge in [0, 0.05) is 17.8 Å². The Morgan fingerprint density at radius 1 is 1.33 bits per heavy atom. The van der Waals surface area contributed by atoms with E-state index in [0.29, 0.717) is 13.2 Å². The summed E-state index contributed by atoms with van der Waals surface area (Å²) in [5.74, 6) is 0. The lowest BCUT2D eigenvalue weighted by Crippen LogP contribution is -2.13. The number of aliphatic hydroxyl groups is 1. The van der Waals surface area contributed by atoms with E-state index in [1.165, 1.54) is 0 Å². The molecule has 1 heterocycles. The summed E-state index contributed by atoms with van der Waals surface area (Å²) in [5, 5.41) is 14.5. The molecule has 1 aromatic heterocycles. The average Bonchev–Trinajstić information content (AvgIpc) is 2.84. The summed E-state index contributed by atoms with van der Waals surface area (Å²) in [6, 6.07) is 9.43. The maximum absolute atomic E-state index is 10.3. The number of rotatable bonds is 5. The molecule has 2 aromatic rings. The van der Waals surface area contributed by atoms with E-state index in [2.05, 4.69) is 21.0 Å². The molecule has 2 rings (SSSR count). The van der Waals surface area contributed by atoms with Crippen molar-refractivity contribution >= 4 is 15.9 Å². The minimum absolute atomic E-state index is 0.571. The van der Waals surface area contributed by atoms with E-state index in [-0.39, 0.29) is 0 Å². The molecule has 0 amide bonds. The van der Waals surface area contributed by atoms with Crippen molar-refractivity contribution in [1.29, 1.82) is 0 Å². The Hall–Kier alpha value is -1.17. The molecule has 1 unspecified atom stereocenters. The molecule has 5 heteroatoms. The zero-order chi connectivity index (χ0) is 13.0. The van der Waals surface area contributed by atoms with E-state index in [9.17, 15) is 5.11 Å². The van der Waals surface area contributed by atoms with Crippen LogP contribution in [0.2, 0.25) is 0 Å². The van der Waals surface area contributed by atoms with Gasteiger partial charge in [0.05, 0.1) is 18.8 Å². The van der Waals surface area contributed by atoms with Gasteiger partial charge in [-0.15, -0.1) is 0 Å². The van der Waals surface area contributed by atoms with Gasteiger partial charge in [0.25, 0.3) is 0 Å². The van der Waals surface area contributed by atoms with Crippen LogP contribution in [0.4, 0.5) is 0 Å². The van der Waals surface area contributed by atoms with Gasteiger partial charge in [-0.25, -0.2) is 0 Å². The van der Waals surface area contributed by atoms with Gasteiger partial charge in [0.1, 0.15) is 6.10 Å². The van der Waals surface area contributed by atoms with Gasteiger partial charge in [-0.1, -0.05) is 28.1 Å². The van der Waals surface area contributed by atoms with Crippen molar-refractivity contribution in [2.24, 2.45) is 0 Å². The second kappa shape index (κ2) is 6.13. The number of hydrogen-bond donors (Lipinski definition) is 1. The van der Waals surface area contributed by atoms with E-state index in [1.54, 1.807) is 18.0 Å². The van der Waals surface area contributed by atoms with Crippen LogP contribution in [0, 0.1) is 0 Å². The molecule has 0 bridgehead atoms. The van der Waals surface area contributed by atoms with Gasteiger partial charge in [-0.05, 0) is 23.8 Å². The number of aromatic nitrogens is 2. The molecule has 4 nitrogen and oxygen atoms in total. The van der Waals surface area contributed by atoms with Crippen LogP contribution in [0.25, 0.3) is 0 Å². The molecule has 1 atom stereocenters. The minimum Gasteiger partial charge on any atom is -0.383 e. The second-order valence-electron chi connectivity index (χ2n) is 3.93. The van der Waals surface area contributed by atoms with Crippen molar-refractivity contribution in [3.05, 3.63) is 52.3 Å². The first-order valence-corrected chi connectivity index (χ1v) is 6.46. The fourth-order valence-electron chi connectivity index (χ4n) is 1.76. The number of aliphatic hydroxyl groups excluding tert-OH is 1. The topological polar surface area (TPSA) is 47.3 Å². The lowest BCUT2D eigenvalue weighted by atomic mass is 10.1. The first-order valence-electron chi connectivity index (χ1n) is 5.66. The molecular formula is C13H15BrN2O2. The van der Waals surface area contributed by atoms with Gasteiger partial charge < -0.3 is 9.84 Å². The first kappa shape index (κ1) is 13.3. The number of halogens is 1. The predicted octanol–water partition coefficient (Wildman–Crippen LogP) is 2.37. The largest absolute Gasteiger partial charge is 0.383 e. The number of hydrogen-bond acceptors (Lipinski definition) is 3. The summed E-state index contributed by atoms with van der Waals surface area (Å²) in [4.78, 5) is 0. The van der Waals surface area contributed by atoms with Crippen molar-refractivity contribution in [2.75, 3.05) is 13.7 Å². The summed E-state index contributed by atoms with van der Waals surface area (Å²) >= 11 is 3.38. The minimum atomic E-state index is -0.669. The van der Waals surface area contributed by atoms with E-state index in [1.807, 2.05) is 30.3 Å². The zero-order valence-electron chi connectivity index (χ0n) is 10.1. The van der Waals surface area contributed by atoms with Crippen LogP contribution < -0.4 is 0 Å². The van der Waals surface area contributed by atoms with Crippen LogP contribution in [0.15, 0.2) is 41.0 Å². The Kier molecular flexibility index (Phi) is 4.52. The summed E-state index contributed by atoms with van der Waals surface area (Å²) in [7, 11) is 1.65. The van der Waals surface area contributed by atoms with E-state index in [0.717, 1.165) is 15.7 Å². The monoisotopic (exact) mass is 310 g/mol. The molecule has 18 heavy (non-hydrogen) atoms. The fraction of sp³-hybridized carbons (Fsp3) is 0.308. The molecule has 0 aliphatic heterocycles. The van der Waals surface area contributed by atoms with Crippen molar-refractivity contribution in [2.45, 2.75) is 12.6 Å². The van der Waals surface area contributed by atoms with Crippen LogP contribution in [-0.4, -0.2) is 28.6 Å². The lowest BCUT2D eigenvalue weighted by Gasteiger charge is -2.13. The van der Waals surface area contributed by atoms with E-state index in [4.69, 9.17) is 4.74 Å². The third-order valence-electron chi connectivity index (χ3n) is 2.72. The Balaban J connectivity index is 2.20. The molecule has 0 saturated heterocycles. The van der Waals surface area contributed by atoms with Crippen LogP contribution in [0.5, 0.6) is 0 Å². The Labute approximate surface area is 114 Å². The number of benzene rings is 1. The van der Waals surface area contributed by atoms with Gasteiger partial charge in [0.15, 0.2) is 0 Å². The molecule has 1 aromatic carbocycles. The van der Waals surface area contributed by atoms with Crippen molar-refractivity contribution in [3.8, 4) is 0 Å². The highest BCUT2D eigenvalue weighted by molar-refractivity contribution is 9.10. The third kappa shape index (κ3) is 2.98. The van der Waals surface area contributed by atoms with Crippen LogP contribution in [-0.2, 0) is 11.3 Å². The van der Waals surface area contributed by atoms with Crippen LogP contribution >= 0.6 is 15.9 Å². The third-order valence-corrected chi connectivity index (χ3v) is 3.25. The zero-order valence-corrected chi connectivity index (χ0v) is 11.7. The molecule has 0 fully saturated rings. The van der Waals surface area contributed by atoms with Crippen LogP contribution in [0.3, 0.4) is 0 Å². The highest BCUT2D eigenvalue weighted by atomic mass is 79.9. The van der Waals surface area contributed by atoms with Gasteiger partial charge in [0.2, 0.25) is 0 Å². The standard InChI is InChI=1S/C13H15BrN2O2/c1-18-9-8-16-12(6-7-15-16)13(17)10-2-4-11(14)5-3-10/h2-7,13,17H,8-9H2,1H3. The summed E-state index contributed by atoms with van der Waals surface area (Å²) < 4.78 is 7.77. The van der Waals surface area contributed by atoms with Gasteiger partial charge in [-0.2, -0.15) is 5.10 Å². The van der Waals surface area contributed by atoms with Gasteiger partial charge >= 0.3 is 0 Å². The fourth-order valence-corrected chi connectivity index (χ4v) is 2.02. The molecule has 0 saturated carbocycles. The Bertz CT molecular complexity index is 496. The predicted molar refractivity (Wildman–Crippen MR) is 72.3 cm³/mol. The number of methoxy groups -OCH3 is 1. The quantitative estimate of drug-likeness (QED) is 0.922. The smallest absolute Gasteiger partial charge is 0.121 e. The number of nitrogens with zero attached hydrogens (tertiary/aromatic N) is 2. The Morgan fingerprint density at radius 2 is 2.06 bits per heavy atom. The summed E-state index contributed by atoms with van der Waals surface area (Å²) in [5.41, 5.74) is 1.62. The maximum Gasteiger partial charge on any atom is 0.121 e. The normalized spacial score (nSPS) is 12.6. The van der Waals surface area contributed by atoms with Crippen molar-refractivity contribution in [3.63, 3.8) is 0 Å². The molecule has 96 valence electrons. The molecular weight excluding hydrogens is 296 g/mol. The van der Waals surface area contributed by atoms with Crippen molar-refractivity contribution in [1.82, 2.24) is 9.78 Å². The summed E-state index contributed by atoms with van der Waals surface area (Å²) in [6.45, 7) is 1.20. The molecule has 1 N–H and O–H groups in total. The van der Waals surface area contributed by atoms with Gasteiger partial charge in [-0.3, -0.25) is 4.68 Å². The van der Waals surface area contributed by atoms with Crippen LogP contribution in [0.1, 0.15) is 17.4 Å². The second-order valence-corrected chi connectivity index (χ2v) is 4.84.